The van der Waals surface area contributed by atoms with Crippen LogP contribution in [-0.4, -0.2) is 30.4 Å². The van der Waals surface area contributed by atoms with Gasteiger partial charge in [0.2, 0.25) is 5.91 Å². The minimum Gasteiger partial charge on any atom is -0.355 e. The summed E-state index contributed by atoms with van der Waals surface area (Å²) in [5, 5.41) is 3.31. The molecule has 1 aliphatic carbocycles. The highest BCUT2D eigenvalue weighted by atomic mass is 16.2. The fraction of sp³-hybridized carbons (Fsp3) is 0.480. The van der Waals surface area contributed by atoms with Crippen molar-refractivity contribution in [3.8, 4) is 0 Å². The van der Waals surface area contributed by atoms with Gasteiger partial charge in [-0.05, 0) is 63.1 Å². The molecule has 1 unspecified atom stereocenters. The van der Waals surface area contributed by atoms with Crippen molar-refractivity contribution in [1.29, 1.82) is 0 Å². The van der Waals surface area contributed by atoms with E-state index in [1.165, 1.54) is 35.1 Å². The molecular formula is C25H32N2O. The van der Waals surface area contributed by atoms with Gasteiger partial charge in [0.05, 0.1) is 5.41 Å². The molecule has 1 saturated heterocycles. The van der Waals surface area contributed by atoms with Crippen molar-refractivity contribution in [2.24, 2.45) is 5.92 Å². The first-order valence-electron chi connectivity index (χ1n) is 10.7. The lowest BCUT2D eigenvalue weighted by Crippen LogP contribution is -2.43. The molecule has 148 valence electrons. The highest BCUT2D eigenvalue weighted by molar-refractivity contribution is 5.91. The number of piperidine rings is 1. The summed E-state index contributed by atoms with van der Waals surface area (Å²) in [6.07, 6.45) is 4.39. The quantitative estimate of drug-likeness (QED) is 0.812. The average Bonchev–Trinajstić information content (AvgIpc) is 3.49. The van der Waals surface area contributed by atoms with Gasteiger partial charge in [-0.1, -0.05) is 59.7 Å². The molecular weight excluding hydrogens is 344 g/mol. The van der Waals surface area contributed by atoms with Crippen molar-refractivity contribution in [1.82, 2.24) is 10.2 Å². The standard InChI is InChI=1S/C25H32N2O/c1-19-13-20(2)15-23(14-19)25(10-11-25)24(28)26-16-22-9-6-12-27(18-22)17-21-7-4-3-5-8-21/h3-5,7-8,13-15,22H,6,9-12,16-18H2,1-2H3,(H,26,28). The van der Waals surface area contributed by atoms with E-state index in [9.17, 15) is 4.79 Å². The van der Waals surface area contributed by atoms with Gasteiger partial charge in [0.25, 0.3) is 0 Å². The SMILES string of the molecule is Cc1cc(C)cc(C2(C(=O)NCC3CCCN(Cc4ccccc4)C3)CC2)c1. The second-order valence-electron chi connectivity index (χ2n) is 8.90. The number of carbonyl (C=O) groups is 1. The van der Waals surface area contributed by atoms with Crippen LogP contribution in [0.5, 0.6) is 0 Å². The molecule has 0 bridgehead atoms. The Morgan fingerprint density at radius 1 is 1.11 bits per heavy atom. The van der Waals surface area contributed by atoms with Crippen LogP contribution in [0, 0.1) is 19.8 Å². The fourth-order valence-electron chi connectivity index (χ4n) is 4.73. The van der Waals surface area contributed by atoms with Crippen molar-refractivity contribution in [3.05, 3.63) is 70.8 Å². The molecule has 2 aromatic carbocycles. The maximum Gasteiger partial charge on any atom is 0.230 e. The molecule has 1 N–H and O–H groups in total. The summed E-state index contributed by atoms with van der Waals surface area (Å²) in [4.78, 5) is 15.6. The van der Waals surface area contributed by atoms with E-state index >= 15 is 0 Å². The van der Waals surface area contributed by atoms with E-state index in [0.717, 1.165) is 39.0 Å². The summed E-state index contributed by atoms with van der Waals surface area (Å²) in [5.74, 6) is 0.786. The molecule has 1 amide bonds. The van der Waals surface area contributed by atoms with Gasteiger partial charge < -0.3 is 5.32 Å². The van der Waals surface area contributed by atoms with Gasteiger partial charge in [-0.2, -0.15) is 0 Å². The highest BCUT2D eigenvalue weighted by Gasteiger charge is 2.51. The zero-order valence-electron chi connectivity index (χ0n) is 17.2. The van der Waals surface area contributed by atoms with Crippen molar-refractivity contribution in [2.75, 3.05) is 19.6 Å². The molecule has 1 atom stereocenters. The third kappa shape index (κ3) is 4.30. The van der Waals surface area contributed by atoms with Crippen molar-refractivity contribution in [2.45, 2.75) is 51.5 Å². The van der Waals surface area contributed by atoms with Crippen molar-refractivity contribution in [3.63, 3.8) is 0 Å². The Morgan fingerprint density at radius 3 is 2.50 bits per heavy atom. The van der Waals surface area contributed by atoms with Gasteiger partial charge in [-0.3, -0.25) is 9.69 Å². The number of aryl methyl sites for hydroxylation is 2. The first-order valence-corrected chi connectivity index (χ1v) is 10.7. The second-order valence-corrected chi connectivity index (χ2v) is 8.90. The molecule has 28 heavy (non-hydrogen) atoms. The first kappa shape index (κ1) is 19.2. The van der Waals surface area contributed by atoms with E-state index in [1.54, 1.807) is 0 Å². The molecule has 4 rings (SSSR count). The van der Waals surface area contributed by atoms with Crippen LogP contribution in [0.3, 0.4) is 0 Å². The van der Waals surface area contributed by atoms with Gasteiger partial charge in [0.15, 0.2) is 0 Å². The maximum absolute atomic E-state index is 13.0. The van der Waals surface area contributed by atoms with Gasteiger partial charge >= 0.3 is 0 Å². The molecule has 1 aliphatic heterocycles. The fourth-order valence-corrected chi connectivity index (χ4v) is 4.73. The number of nitrogens with one attached hydrogen (secondary N) is 1. The number of carbonyl (C=O) groups excluding carboxylic acids is 1. The Morgan fingerprint density at radius 2 is 1.82 bits per heavy atom. The van der Waals surface area contributed by atoms with E-state index in [4.69, 9.17) is 0 Å². The lowest BCUT2D eigenvalue weighted by Gasteiger charge is -2.33. The largest absolute Gasteiger partial charge is 0.355 e. The number of likely N-dealkylation sites (tertiary alicyclic amines) is 1. The van der Waals surface area contributed by atoms with Crippen LogP contribution in [-0.2, 0) is 16.8 Å². The molecule has 0 spiro atoms. The minimum absolute atomic E-state index is 0.234. The normalized spacial score (nSPS) is 21.3. The van der Waals surface area contributed by atoms with Gasteiger partial charge in [-0.15, -0.1) is 0 Å². The molecule has 2 aromatic rings. The Bertz CT molecular complexity index is 805. The molecule has 1 saturated carbocycles. The summed E-state index contributed by atoms with van der Waals surface area (Å²) in [6, 6.07) is 17.3. The number of amides is 1. The monoisotopic (exact) mass is 376 g/mol. The number of hydrogen-bond acceptors (Lipinski definition) is 2. The van der Waals surface area contributed by atoms with Crippen LogP contribution < -0.4 is 5.32 Å². The van der Waals surface area contributed by atoms with Crippen molar-refractivity contribution < 1.29 is 4.79 Å². The summed E-state index contributed by atoms with van der Waals surface area (Å²) in [5.41, 5.74) is 4.81. The highest BCUT2D eigenvalue weighted by Crippen LogP contribution is 2.48. The molecule has 0 radical (unpaired) electrons. The van der Waals surface area contributed by atoms with Crippen LogP contribution >= 0.6 is 0 Å². The van der Waals surface area contributed by atoms with Gasteiger partial charge in [-0.25, -0.2) is 0 Å². The van der Waals surface area contributed by atoms with E-state index in [2.05, 4.69) is 72.6 Å². The summed E-state index contributed by atoms with van der Waals surface area (Å²) in [7, 11) is 0. The minimum atomic E-state index is -0.269. The Labute approximate surface area is 169 Å². The van der Waals surface area contributed by atoms with Crippen molar-refractivity contribution >= 4 is 5.91 Å². The number of rotatable bonds is 6. The summed E-state index contributed by atoms with van der Waals surface area (Å²) in [6.45, 7) is 8.29. The molecule has 3 nitrogen and oxygen atoms in total. The number of benzene rings is 2. The topological polar surface area (TPSA) is 32.3 Å². The van der Waals surface area contributed by atoms with Crippen LogP contribution in [0.1, 0.15) is 47.9 Å². The lowest BCUT2D eigenvalue weighted by atomic mass is 9.91. The third-order valence-electron chi connectivity index (χ3n) is 6.36. The second kappa shape index (κ2) is 8.08. The van der Waals surface area contributed by atoms with Crippen LogP contribution in [0.2, 0.25) is 0 Å². The molecule has 3 heteroatoms. The molecule has 1 heterocycles. The number of nitrogens with zero attached hydrogens (tertiary/aromatic N) is 1. The smallest absolute Gasteiger partial charge is 0.230 e. The average molecular weight is 377 g/mol. The maximum atomic E-state index is 13.0. The Hall–Kier alpha value is -2.13. The van der Waals surface area contributed by atoms with Crippen LogP contribution in [0.4, 0.5) is 0 Å². The molecule has 2 fully saturated rings. The predicted octanol–water partition coefficient (Wildman–Crippen LogP) is 4.36. The van der Waals surface area contributed by atoms with E-state index < -0.39 is 0 Å². The zero-order valence-corrected chi connectivity index (χ0v) is 17.2. The van der Waals surface area contributed by atoms with E-state index in [0.29, 0.717) is 5.92 Å². The van der Waals surface area contributed by atoms with Gasteiger partial charge in [0.1, 0.15) is 0 Å². The van der Waals surface area contributed by atoms with Crippen LogP contribution in [0.15, 0.2) is 48.5 Å². The summed E-state index contributed by atoms with van der Waals surface area (Å²) >= 11 is 0. The molecule has 0 aromatic heterocycles. The zero-order chi connectivity index (χ0) is 19.6. The van der Waals surface area contributed by atoms with Crippen LogP contribution in [0.25, 0.3) is 0 Å². The Balaban J connectivity index is 1.33. The molecule has 2 aliphatic rings. The Kier molecular flexibility index (Phi) is 5.54. The number of hydrogen-bond donors (Lipinski definition) is 1. The van der Waals surface area contributed by atoms with Gasteiger partial charge in [0, 0.05) is 19.6 Å². The lowest BCUT2D eigenvalue weighted by molar-refractivity contribution is -0.123. The van der Waals surface area contributed by atoms with E-state index in [-0.39, 0.29) is 11.3 Å². The summed E-state index contributed by atoms with van der Waals surface area (Å²) < 4.78 is 0. The predicted molar refractivity (Wildman–Crippen MR) is 114 cm³/mol. The third-order valence-corrected chi connectivity index (χ3v) is 6.36. The van der Waals surface area contributed by atoms with E-state index in [1.807, 2.05) is 0 Å². The first-order chi connectivity index (χ1) is 13.5.